The molecule has 0 amide bonds. The van der Waals surface area contributed by atoms with Crippen LogP contribution in [0.15, 0.2) is 53.2 Å². The van der Waals surface area contributed by atoms with Gasteiger partial charge in [0.2, 0.25) is 5.75 Å². The fraction of sp³-hybridized carbons (Fsp3) is 0.455. The molecule has 2 saturated carbocycles. The Morgan fingerprint density at radius 2 is 1.62 bits per heavy atom. The normalized spacial score (nSPS) is 27.8. The largest absolute Gasteiger partial charge is 0.493 e. The molecule has 7 heteroatoms. The van der Waals surface area contributed by atoms with Crippen LogP contribution in [0, 0.1) is 16.7 Å². The molecule has 4 aliphatic rings. The number of carbonyl (C=O) groups is 2. The predicted molar refractivity (Wildman–Crippen MR) is 151 cm³/mol. The summed E-state index contributed by atoms with van der Waals surface area (Å²) in [7, 11) is 4.66. The molecule has 0 spiro atoms. The molecule has 0 unspecified atom stereocenters. The number of methoxy groups -OCH3 is 3. The van der Waals surface area contributed by atoms with E-state index in [-0.39, 0.29) is 22.7 Å². The summed E-state index contributed by atoms with van der Waals surface area (Å²) in [5.74, 6) is 0.690. The van der Waals surface area contributed by atoms with Crippen molar-refractivity contribution in [3.8, 4) is 17.2 Å². The number of benzene rings is 2. The number of hydrogen-bond donors (Lipinski definition) is 1. The van der Waals surface area contributed by atoms with Gasteiger partial charge in [-0.05, 0) is 55.2 Å². The zero-order valence-corrected chi connectivity index (χ0v) is 24.3. The molecule has 2 fully saturated rings. The summed E-state index contributed by atoms with van der Waals surface area (Å²) in [6.07, 6.45) is 2.89. The van der Waals surface area contributed by atoms with E-state index in [0.29, 0.717) is 51.1 Å². The number of dihydropyridines is 1. The van der Waals surface area contributed by atoms with Gasteiger partial charge >= 0.3 is 5.97 Å². The minimum atomic E-state index is -0.684. The fourth-order valence-electron chi connectivity index (χ4n) is 7.70. The lowest BCUT2D eigenvalue weighted by Gasteiger charge is -2.39. The van der Waals surface area contributed by atoms with Gasteiger partial charge in [0.1, 0.15) is 6.10 Å². The van der Waals surface area contributed by atoms with Crippen molar-refractivity contribution in [2.45, 2.75) is 59.0 Å². The van der Waals surface area contributed by atoms with Crippen LogP contribution in [0.2, 0.25) is 0 Å². The SMILES string of the molecule is COc1cc([C@@H]2C(C(=O)O[C@H]3C[C@H]4CC[C@@]3(C)C4(C)C)=C(C)NC3=C2C(=O)c2ccccc23)cc(OC)c1OC. The van der Waals surface area contributed by atoms with E-state index in [1.807, 2.05) is 43.3 Å². The van der Waals surface area contributed by atoms with Crippen LogP contribution >= 0.6 is 0 Å². The monoisotopic (exact) mass is 543 g/mol. The van der Waals surface area contributed by atoms with E-state index < -0.39 is 11.9 Å². The van der Waals surface area contributed by atoms with Gasteiger partial charge < -0.3 is 24.3 Å². The molecule has 40 heavy (non-hydrogen) atoms. The van der Waals surface area contributed by atoms with Gasteiger partial charge in [-0.25, -0.2) is 4.79 Å². The number of esters is 1. The van der Waals surface area contributed by atoms with Crippen molar-refractivity contribution in [2.24, 2.45) is 16.7 Å². The molecule has 0 radical (unpaired) electrons. The Kier molecular flexibility index (Phi) is 6.06. The summed E-state index contributed by atoms with van der Waals surface area (Å²) in [6, 6.07) is 11.2. The van der Waals surface area contributed by atoms with E-state index in [1.54, 1.807) is 21.3 Å². The maximum absolute atomic E-state index is 14.2. The van der Waals surface area contributed by atoms with Crippen LogP contribution in [0.5, 0.6) is 17.2 Å². The predicted octanol–water partition coefficient (Wildman–Crippen LogP) is 6.04. The number of carbonyl (C=O) groups excluding carboxylic acids is 2. The number of rotatable bonds is 6. The second-order valence-corrected chi connectivity index (χ2v) is 12.2. The van der Waals surface area contributed by atoms with Crippen molar-refractivity contribution >= 4 is 17.4 Å². The number of ketones is 1. The van der Waals surface area contributed by atoms with Crippen molar-refractivity contribution < 1.29 is 28.5 Å². The summed E-state index contributed by atoms with van der Waals surface area (Å²) in [4.78, 5) is 28.2. The molecule has 2 aromatic rings. The van der Waals surface area contributed by atoms with Gasteiger partial charge in [0.25, 0.3) is 0 Å². The van der Waals surface area contributed by atoms with E-state index in [2.05, 4.69) is 26.1 Å². The third-order valence-electron chi connectivity index (χ3n) is 10.5. The summed E-state index contributed by atoms with van der Waals surface area (Å²) in [5.41, 5.74) is 4.48. The molecule has 1 N–H and O–H groups in total. The smallest absolute Gasteiger partial charge is 0.337 e. The first-order valence-electron chi connectivity index (χ1n) is 13.9. The Hall–Kier alpha value is -3.74. The van der Waals surface area contributed by atoms with Crippen molar-refractivity contribution in [3.63, 3.8) is 0 Å². The number of ether oxygens (including phenoxy) is 4. The average molecular weight is 544 g/mol. The summed E-state index contributed by atoms with van der Waals surface area (Å²) in [6.45, 7) is 8.74. The fourth-order valence-corrected chi connectivity index (χ4v) is 7.70. The van der Waals surface area contributed by atoms with Gasteiger partial charge in [-0.2, -0.15) is 0 Å². The lowest BCUT2D eigenvalue weighted by atomic mass is 9.70. The number of hydrogen-bond acceptors (Lipinski definition) is 7. The summed E-state index contributed by atoms with van der Waals surface area (Å²) < 4.78 is 23.3. The lowest BCUT2D eigenvalue weighted by Crippen LogP contribution is -2.39. The van der Waals surface area contributed by atoms with Gasteiger partial charge in [-0.3, -0.25) is 4.79 Å². The molecule has 7 nitrogen and oxygen atoms in total. The molecule has 3 aliphatic carbocycles. The molecule has 6 rings (SSSR count). The molecule has 4 atom stereocenters. The zero-order valence-electron chi connectivity index (χ0n) is 24.3. The summed E-state index contributed by atoms with van der Waals surface area (Å²) in [5, 5.41) is 3.41. The minimum Gasteiger partial charge on any atom is -0.493 e. The number of nitrogens with one attached hydrogen (secondary N) is 1. The van der Waals surface area contributed by atoms with Gasteiger partial charge in [-0.1, -0.05) is 45.0 Å². The average Bonchev–Trinajstić information content (AvgIpc) is 3.43. The van der Waals surface area contributed by atoms with Crippen LogP contribution < -0.4 is 19.5 Å². The number of Topliss-reactive ketones (excluding diaryl/α,β-unsaturated/α-hetero) is 1. The van der Waals surface area contributed by atoms with Crippen LogP contribution in [-0.4, -0.2) is 39.2 Å². The molecule has 1 aliphatic heterocycles. The molecule has 0 aromatic heterocycles. The highest BCUT2D eigenvalue weighted by molar-refractivity contribution is 6.23. The van der Waals surface area contributed by atoms with Gasteiger partial charge in [-0.15, -0.1) is 0 Å². The lowest BCUT2D eigenvalue weighted by molar-refractivity contribution is -0.152. The third-order valence-corrected chi connectivity index (χ3v) is 10.5. The van der Waals surface area contributed by atoms with Crippen LogP contribution in [-0.2, 0) is 9.53 Å². The van der Waals surface area contributed by atoms with Gasteiger partial charge in [0, 0.05) is 33.7 Å². The topological polar surface area (TPSA) is 83.1 Å². The molecular weight excluding hydrogens is 506 g/mol. The minimum absolute atomic E-state index is 0.0875. The molecular formula is C33H37NO6. The maximum atomic E-state index is 14.2. The Morgan fingerprint density at radius 1 is 0.975 bits per heavy atom. The van der Waals surface area contributed by atoms with Crippen molar-refractivity contribution in [2.75, 3.05) is 21.3 Å². The molecule has 2 aromatic carbocycles. The summed E-state index contributed by atoms with van der Waals surface area (Å²) >= 11 is 0. The highest BCUT2D eigenvalue weighted by atomic mass is 16.5. The molecule has 2 bridgehead atoms. The van der Waals surface area contributed by atoms with E-state index in [1.165, 1.54) is 0 Å². The Bertz CT molecular complexity index is 1480. The van der Waals surface area contributed by atoms with Crippen LogP contribution in [0.3, 0.4) is 0 Å². The second-order valence-electron chi connectivity index (χ2n) is 12.2. The highest BCUT2D eigenvalue weighted by Gasteiger charge is 2.63. The third kappa shape index (κ3) is 3.49. The van der Waals surface area contributed by atoms with Crippen LogP contribution in [0.1, 0.15) is 74.4 Å². The van der Waals surface area contributed by atoms with E-state index in [9.17, 15) is 9.59 Å². The second kappa shape index (κ2) is 9.15. The van der Waals surface area contributed by atoms with Crippen molar-refractivity contribution in [1.29, 1.82) is 0 Å². The number of fused-ring (bicyclic) bond motifs is 4. The highest BCUT2D eigenvalue weighted by Crippen LogP contribution is 2.66. The number of allylic oxidation sites excluding steroid dienone is 2. The Morgan fingerprint density at radius 3 is 2.17 bits per heavy atom. The molecule has 210 valence electrons. The first-order valence-corrected chi connectivity index (χ1v) is 13.9. The van der Waals surface area contributed by atoms with Crippen molar-refractivity contribution in [1.82, 2.24) is 5.32 Å². The van der Waals surface area contributed by atoms with Gasteiger partial charge in [0.15, 0.2) is 17.3 Å². The molecule has 1 heterocycles. The first-order chi connectivity index (χ1) is 19.1. The van der Waals surface area contributed by atoms with Crippen LogP contribution in [0.4, 0.5) is 0 Å². The van der Waals surface area contributed by atoms with Crippen LogP contribution in [0.25, 0.3) is 5.70 Å². The Labute approximate surface area is 235 Å². The van der Waals surface area contributed by atoms with E-state index >= 15 is 0 Å². The van der Waals surface area contributed by atoms with E-state index in [4.69, 9.17) is 18.9 Å². The molecule has 0 saturated heterocycles. The maximum Gasteiger partial charge on any atom is 0.337 e. The Balaban J connectivity index is 1.48. The standard InChI is InChI=1S/C33H37NO6/c1-17-25(31(36)40-24-16-19-12-13-33(24,4)32(19,2)3)26(18-14-22(37-5)30(39-7)23(15-18)38-6)27-28(34-17)20-10-8-9-11-21(20)29(27)35/h8-11,14-15,19,24,26,34H,12-13,16H2,1-7H3/t19-,24+,26-,33-/m1/s1. The zero-order chi connectivity index (χ0) is 28.6. The van der Waals surface area contributed by atoms with E-state index in [0.717, 1.165) is 30.5 Å². The quantitative estimate of drug-likeness (QED) is 0.445. The van der Waals surface area contributed by atoms with Crippen molar-refractivity contribution in [3.05, 3.63) is 69.9 Å². The van der Waals surface area contributed by atoms with Gasteiger partial charge in [0.05, 0.1) is 32.6 Å². The first kappa shape index (κ1) is 26.5.